The van der Waals surface area contributed by atoms with E-state index >= 15 is 0 Å². The molecule has 1 aromatic carbocycles. The third kappa shape index (κ3) is 9.24. The summed E-state index contributed by atoms with van der Waals surface area (Å²) < 4.78 is 0. The van der Waals surface area contributed by atoms with Crippen LogP contribution in [0.5, 0.6) is 0 Å². The molecule has 0 amide bonds. The molecule has 0 N–H and O–H groups in total. The molecule has 0 aliphatic heterocycles. The second-order valence-corrected chi connectivity index (χ2v) is 21.4. The van der Waals surface area contributed by atoms with Gasteiger partial charge in [0.25, 0.3) is 0 Å². The Bertz CT molecular complexity index is 1150. The summed E-state index contributed by atoms with van der Waals surface area (Å²) >= 11 is 0. The quantitative estimate of drug-likeness (QED) is 0.121. The first-order chi connectivity index (χ1) is 22.2. The van der Waals surface area contributed by atoms with Crippen LogP contribution in [0.1, 0.15) is 246 Å². The highest BCUT2D eigenvalue weighted by atomic mass is 14.6. The largest absolute Gasteiger partial charge is 0.0654 e. The van der Waals surface area contributed by atoms with Crippen LogP contribution in [0.3, 0.4) is 0 Å². The summed E-state index contributed by atoms with van der Waals surface area (Å²) in [6.45, 7) is 53.0. The molecule has 0 aliphatic carbocycles. The van der Waals surface area contributed by atoms with Gasteiger partial charge in [0.15, 0.2) is 0 Å². The van der Waals surface area contributed by atoms with Crippen LogP contribution in [-0.2, 0) is 16.2 Å². The summed E-state index contributed by atoms with van der Waals surface area (Å²) in [4.78, 5) is 0. The predicted octanol–water partition coefficient (Wildman–Crippen LogP) is 16.8. The molecule has 0 bridgehead atoms. The Morgan fingerprint density at radius 1 is 0.388 bits per heavy atom. The maximum Gasteiger partial charge on any atom is -0.00470 e. The van der Waals surface area contributed by atoms with Gasteiger partial charge in [0, 0.05) is 0 Å². The summed E-state index contributed by atoms with van der Waals surface area (Å²) in [6, 6.07) is 7.96. The van der Waals surface area contributed by atoms with Crippen molar-refractivity contribution >= 4 is 0 Å². The van der Waals surface area contributed by atoms with Gasteiger partial charge in [0.2, 0.25) is 0 Å². The summed E-state index contributed by atoms with van der Waals surface area (Å²) in [6.07, 6.45) is 16.5. The molecule has 0 aromatic heterocycles. The number of hydrogen-bond acceptors (Lipinski definition) is 0. The van der Waals surface area contributed by atoms with Crippen molar-refractivity contribution in [3.05, 3.63) is 34.9 Å². The van der Waals surface area contributed by atoms with E-state index in [4.69, 9.17) is 0 Å². The Labute approximate surface area is 311 Å². The van der Waals surface area contributed by atoms with Crippen LogP contribution in [0.15, 0.2) is 18.2 Å². The van der Waals surface area contributed by atoms with E-state index in [9.17, 15) is 0 Å². The Morgan fingerprint density at radius 3 is 1.06 bits per heavy atom. The van der Waals surface area contributed by atoms with Gasteiger partial charge in [0.1, 0.15) is 0 Å². The van der Waals surface area contributed by atoms with Crippen molar-refractivity contribution in [3.8, 4) is 0 Å². The van der Waals surface area contributed by atoms with E-state index in [0.29, 0.717) is 10.8 Å². The second kappa shape index (κ2) is 16.5. The highest BCUT2D eigenvalue weighted by Crippen LogP contribution is 2.61. The van der Waals surface area contributed by atoms with Gasteiger partial charge in [-0.2, -0.15) is 0 Å². The fourth-order valence-electron chi connectivity index (χ4n) is 10.2. The van der Waals surface area contributed by atoms with Crippen LogP contribution in [0, 0.1) is 32.5 Å². The van der Waals surface area contributed by atoms with Crippen molar-refractivity contribution < 1.29 is 0 Å². The van der Waals surface area contributed by atoms with Crippen molar-refractivity contribution in [2.45, 2.75) is 245 Å². The predicted molar refractivity (Wildman–Crippen MR) is 225 cm³/mol. The molecular formula is C49H92. The van der Waals surface area contributed by atoms with Crippen molar-refractivity contribution in [1.29, 1.82) is 0 Å². The summed E-state index contributed by atoms with van der Waals surface area (Å²) in [5.41, 5.74) is 6.30. The van der Waals surface area contributed by atoms with Crippen LogP contribution < -0.4 is 0 Å². The third-order valence-electron chi connectivity index (χ3n) is 16.8. The molecule has 0 radical (unpaired) electrons. The fourth-order valence-corrected chi connectivity index (χ4v) is 10.2. The van der Waals surface area contributed by atoms with Crippen LogP contribution in [-0.4, -0.2) is 0 Å². The average molecular weight is 681 g/mol. The van der Waals surface area contributed by atoms with Gasteiger partial charge in [-0.25, -0.2) is 0 Å². The third-order valence-corrected chi connectivity index (χ3v) is 16.8. The normalized spacial score (nSPS) is 17.8. The first kappa shape index (κ1) is 46.2. The van der Waals surface area contributed by atoms with Gasteiger partial charge in [0.05, 0.1) is 0 Å². The number of rotatable bonds is 21. The molecule has 0 fully saturated rings. The monoisotopic (exact) mass is 681 g/mol. The van der Waals surface area contributed by atoms with Crippen LogP contribution in [0.2, 0.25) is 0 Å². The van der Waals surface area contributed by atoms with Crippen LogP contribution >= 0.6 is 0 Å². The minimum atomic E-state index is 0.0197. The van der Waals surface area contributed by atoms with E-state index in [0.717, 1.165) is 0 Å². The van der Waals surface area contributed by atoms with Gasteiger partial charge in [-0.1, -0.05) is 202 Å². The fraction of sp³-hybridized carbons (Fsp3) is 0.878. The van der Waals surface area contributed by atoms with Crippen molar-refractivity contribution in [2.75, 3.05) is 0 Å². The lowest BCUT2D eigenvalue weighted by Crippen LogP contribution is -2.48. The average Bonchev–Trinajstić information content (AvgIpc) is 3.03. The smallest absolute Gasteiger partial charge is 0.00470 e. The Hall–Kier alpha value is -0.780. The molecule has 3 atom stereocenters. The zero-order valence-electron chi connectivity index (χ0n) is 37.9. The molecule has 0 heteroatoms. The summed E-state index contributed by atoms with van der Waals surface area (Å²) in [5, 5.41) is 0. The lowest BCUT2D eigenvalue weighted by Gasteiger charge is -2.56. The SMILES string of the molecule is CCCCC(C)(CC)C(C)(C)CC(C)(CC)C(C)(C)c1cc(C(C)(C)C)cc(C(C)(C)C(CC)(CC)CC(C)(C)C(C)(CC)CCCC)c1. The number of hydrogen-bond donors (Lipinski definition) is 0. The minimum Gasteiger partial charge on any atom is -0.0654 e. The Kier molecular flexibility index (Phi) is 15.6. The number of benzene rings is 1. The standard InChI is InChI=1S/C49H92/c1-22-29-31-46(19,24-3)42(11,12)36-48(21,26-5)44(15,16)39-33-38(41(8,9)10)34-40(35-39)45(17,18)49(27-6,28-7)37-43(13,14)47(20,25-4)32-30-23-2/h33-35H,22-32,36-37H2,1-21H3. The summed E-state index contributed by atoms with van der Waals surface area (Å²) in [7, 11) is 0. The van der Waals surface area contributed by atoms with Gasteiger partial charge in [-0.3, -0.25) is 0 Å². The van der Waals surface area contributed by atoms with Gasteiger partial charge in [-0.05, 0) is 110 Å². The van der Waals surface area contributed by atoms with Crippen molar-refractivity contribution in [2.24, 2.45) is 32.5 Å². The molecule has 49 heavy (non-hydrogen) atoms. The molecular weight excluding hydrogens is 589 g/mol. The van der Waals surface area contributed by atoms with Crippen molar-refractivity contribution in [3.63, 3.8) is 0 Å². The van der Waals surface area contributed by atoms with Gasteiger partial charge < -0.3 is 0 Å². The molecule has 0 aliphatic rings. The molecule has 0 heterocycles. The van der Waals surface area contributed by atoms with E-state index in [1.807, 2.05) is 0 Å². The molecule has 0 saturated carbocycles. The van der Waals surface area contributed by atoms with Gasteiger partial charge >= 0.3 is 0 Å². The maximum absolute atomic E-state index is 2.70. The van der Waals surface area contributed by atoms with E-state index in [-0.39, 0.29) is 37.9 Å². The van der Waals surface area contributed by atoms with E-state index < -0.39 is 0 Å². The van der Waals surface area contributed by atoms with Crippen LogP contribution in [0.25, 0.3) is 0 Å². The minimum absolute atomic E-state index is 0.0197. The zero-order chi connectivity index (χ0) is 38.5. The molecule has 1 rings (SSSR count). The van der Waals surface area contributed by atoms with Crippen LogP contribution in [0.4, 0.5) is 0 Å². The van der Waals surface area contributed by atoms with E-state index in [2.05, 4.69) is 164 Å². The Balaban J connectivity index is 4.02. The molecule has 0 saturated heterocycles. The molecule has 0 nitrogen and oxygen atoms in total. The maximum atomic E-state index is 2.70. The molecule has 3 unspecified atom stereocenters. The zero-order valence-corrected chi connectivity index (χ0v) is 37.9. The van der Waals surface area contributed by atoms with E-state index in [1.54, 1.807) is 11.1 Å². The van der Waals surface area contributed by atoms with Crippen molar-refractivity contribution in [1.82, 2.24) is 0 Å². The molecule has 1 aromatic rings. The highest BCUT2D eigenvalue weighted by Gasteiger charge is 2.52. The molecule has 288 valence electrons. The lowest BCUT2D eigenvalue weighted by atomic mass is 9.49. The number of unbranched alkanes of at least 4 members (excludes halogenated alkanes) is 2. The second-order valence-electron chi connectivity index (χ2n) is 21.4. The lowest BCUT2D eigenvalue weighted by molar-refractivity contribution is -0.0198. The Morgan fingerprint density at radius 2 is 0.735 bits per heavy atom. The van der Waals surface area contributed by atoms with E-state index in [1.165, 1.54) is 89.0 Å². The first-order valence-electron chi connectivity index (χ1n) is 21.3. The summed E-state index contributed by atoms with van der Waals surface area (Å²) in [5.74, 6) is 0. The topological polar surface area (TPSA) is 0 Å². The first-order valence-corrected chi connectivity index (χ1v) is 21.3. The highest BCUT2D eigenvalue weighted by molar-refractivity contribution is 5.42. The van der Waals surface area contributed by atoms with Gasteiger partial charge in [-0.15, -0.1) is 0 Å². The molecule has 0 spiro atoms.